The number of hydrogen-bond donors (Lipinski definition) is 0. The molecule has 0 aromatic heterocycles. The predicted molar refractivity (Wildman–Crippen MR) is 120 cm³/mol. The molecule has 5 rings (SSSR count). The summed E-state index contributed by atoms with van der Waals surface area (Å²) >= 11 is 0. The van der Waals surface area contributed by atoms with Gasteiger partial charge in [0.15, 0.2) is 11.5 Å². The molecule has 0 spiro atoms. The van der Waals surface area contributed by atoms with Crippen molar-refractivity contribution in [2.45, 2.75) is 26.9 Å². The smallest absolute Gasteiger partial charge is 0.254 e. The number of benzene rings is 2. The van der Waals surface area contributed by atoms with Gasteiger partial charge in [-0.3, -0.25) is 9.59 Å². The molecule has 32 heavy (non-hydrogen) atoms. The van der Waals surface area contributed by atoms with Gasteiger partial charge in [0.25, 0.3) is 11.8 Å². The maximum atomic E-state index is 12.8. The highest BCUT2D eigenvalue weighted by molar-refractivity contribution is 6.06. The molecule has 1 saturated carbocycles. The highest BCUT2D eigenvalue weighted by Crippen LogP contribution is 2.52. The van der Waals surface area contributed by atoms with E-state index >= 15 is 0 Å². The lowest BCUT2D eigenvalue weighted by Gasteiger charge is -2.13. The first-order valence-corrected chi connectivity index (χ1v) is 11.1. The number of ether oxygens (including phenoxy) is 2. The van der Waals surface area contributed by atoms with Crippen molar-refractivity contribution >= 4 is 18.0 Å². The Morgan fingerprint density at radius 1 is 1.00 bits per heavy atom. The molecular weight excluding hydrogens is 404 g/mol. The minimum atomic E-state index is -0.244. The molecule has 2 aromatic carbocycles. The summed E-state index contributed by atoms with van der Waals surface area (Å²) in [6.45, 7) is 4.89. The van der Waals surface area contributed by atoms with E-state index in [0.717, 1.165) is 22.6 Å². The topological polar surface area (TPSA) is 68.2 Å². The Hall–Kier alpha value is -3.41. The molecule has 1 aliphatic heterocycles. The molecule has 1 heterocycles. The third-order valence-electron chi connectivity index (χ3n) is 6.51. The molecule has 2 amide bonds. The zero-order chi connectivity index (χ0) is 22.2. The molecule has 6 nitrogen and oxygen atoms in total. The van der Waals surface area contributed by atoms with Gasteiger partial charge >= 0.3 is 0 Å². The van der Waals surface area contributed by atoms with Crippen molar-refractivity contribution in [1.29, 1.82) is 0 Å². The van der Waals surface area contributed by atoms with Crippen LogP contribution in [0.3, 0.4) is 0 Å². The van der Waals surface area contributed by atoms with Crippen molar-refractivity contribution in [3.63, 3.8) is 0 Å². The molecule has 0 N–H and O–H groups in total. The van der Waals surface area contributed by atoms with Crippen LogP contribution >= 0.6 is 0 Å². The number of hydrazone groups is 1. The summed E-state index contributed by atoms with van der Waals surface area (Å²) in [6, 6.07) is 13.7. The molecule has 2 aromatic rings. The maximum Gasteiger partial charge on any atom is 0.254 e. The number of rotatable bonds is 7. The number of aryl methyl sites for hydroxylation is 1. The van der Waals surface area contributed by atoms with Crippen LogP contribution in [0.15, 0.2) is 59.7 Å². The number of fused-ring (bicyclic) bond motifs is 5. The van der Waals surface area contributed by atoms with E-state index in [0.29, 0.717) is 24.7 Å². The number of imide groups is 1. The summed E-state index contributed by atoms with van der Waals surface area (Å²) in [4.78, 5) is 25.6. The van der Waals surface area contributed by atoms with Crippen molar-refractivity contribution in [3.05, 3.63) is 71.3 Å². The number of hydrogen-bond acceptors (Lipinski definition) is 5. The summed E-state index contributed by atoms with van der Waals surface area (Å²) in [7, 11) is 0. The molecular formula is C26H26N2O4. The molecule has 0 radical (unpaired) electrons. The van der Waals surface area contributed by atoms with Gasteiger partial charge < -0.3 is 9.47 Å². The van der Waals surface area contributed by atoms with Crippen LogP contribution in [-0.2, 0) is 16.2 Å². The Balaban J connectivity index is 1.31. The van der Waals surface area contributed by atoms with Gasteiger partial charge in [0.2, 0.25) is 0 Å². The van der Waals surface area contributed by atoms with Crippen molar-refractivity contribution in [2.24, 2.45) is 28.8 Å². The molecule has 2 aliphatic carbocycles. The average Bonchev–Trinajstić information content (AvgIpc) is 3.46. The van der Waals surface area contributed by atoms with E-state index in [1.807, 2.05) is 50.2 Å². The van der Waals surface area contributed by atoms with E-state index in [2.05, 4.69) is 23.3 Å². The van der Waals surface area contributed by atoms with Crippen LogP contribution in [0.5, 0.6) is 11.5 Å². The highest BCUT2D eigenvalue weighted by Gasteiger charge is 2.59. The van der Waals surface area contributed by atoms with Crippen LogP contribution in [-0.4, -0.2) is 29.6 Å². The van der Waals surface area contributed by atoms with E-state index in [1.54, 1.807) is 6.21 Å². The van der Waals surface area contributed by atoms with Gasteiger partial charge in [-0.2, -0.15) is 10.1 Å². The van der Waals surface area contributed by atoms with E-state index in [9.17, 15) is 9.59 Å². The van der Waals surface area contributed by atoms with Crippen molar-refractivity contribution in [1.82, 2.24) is 5.01 Å². The SMILES string of the molecule is CCOc1cc(C=NN2C(=O)[C@@H]3[C@H](C2=O)[C@H]2C=C[C@H]3C2)ccc1OCc1cccc(C)c1. The van der Waals surface area contributed by atoms with E-state index in [-0.39, 0.29) is 35.5 Å². The zero-order valence-corrected chi connectivity index (χ0v) is 18.2. The standard InChI is InChI=1S/C26H26N2O4/c1-3-31-22-12-17(7-10-21(22)32-15-18-6-4-5-16(2)11-18)14-27-28-25(29)23-19-8-9-20(13-19)24(23)26(28)30/h4-12,14,19-20,23-24H,3,13,15H2,1-2H3/t19-,20-,23-,24+/m0/s1. The lowest BCUT2D eigenvalue weighted by Crippen LogP contribution is -2.28. The Bertz CT molecular complexity index is 1090. The summed E-state index contributed by atoms with van der Waals surface area (Å²) < 4.78 is 11.7. The van der Waals surface area contributed by atoms with Gasteiger partial charge in [0.1, 0.15) is 6.61 Å². The first kappa shape index (κ1) is 20.5. The molecule has 6 heteroatoms. The van der Waals surface area contributed by atoms with Gasteiger partial charge in [-0.1, -0.05) is 42.0 Å². The van der Waals surface area contributed by atoms with E-state index in [4.69, 9.17) is 9.47 Å². The number of nitrogens with zero attached hydrogens (tertiary/aromatic N) is 2. The average molecular weight is 431 g/mol. The lowest BCUT2D eigenvalue weighted by atomic mass is 9.85. The predicted octanol–water partition coefficient (Wildman–Crippen LogP) is 4.11. The van der Waals surface area contributed by atoms with Crippen molar-refractivity contribution in [3.8, 4) is 11.5 Å². The molecule has 3 aliphatic rings. The Morgan fingerprint density at radius 2 is 1.75 bits per heavy atom. The van der Waals surface area contributed by atoms with Gasteiger partial charge in [-0.15, -0.1) is 0 Å². The number of amides is 2. The lowest BCUT2D eigenvalue weighted by molar-refractivity contribution is -0.140. The Kier molecular flexibility index (Phi) is 5.29. The van der Waals surface area contributed by atoms with Crippen LogP contribution in [0, 0.1) is 30.6 Å². The zero-order valence-electron chi connectivity index (χ0n) is 18.2. The summed E-state index contributed by atoms with van der Waals surface area (Å²) in [5.41, 5.74) is 3.00. The van der Waals surface area contributed by atoms with Gasteiger partial charge in [-0.25, -0.2) is 0 Å². The summed E-state index contributed by atoms with van der Waals surface area (Å²) in [5, 5.41) is 5.31. The van der Waals surface area contributed by atoms with Crippen LogP contribution in [0.1, 0.15) is 30.0 Å². The molecule has 0 unspecified atom stereocenters. The fraction of sp³-hybridized carbons (Fsp3) is 0.346. The van der Waals surface area contributed by atoms with Crippen LogP contribution in [0.2, 0.25) is 0 Å². The number of carbonyl (C=O) groups excluding carboxylic acids is 2. The summed E-state index contributed by atoms with van der Waals surface area (Å²) in [5.74, 6) is 0.731. The second kappa shape index (κ2) is 8.26. The normalized spacial score (nSPS) is 25.8. The van der Waals surface area contributed by atoms with E-state index in [1.165, 1.54) is 5.56 Å². The molecule has 4 atom stereocenters. The Morgan fingerprint density at radius 3 is 2.44 bits per heavy atom. The van der Waals surface area contributed by atoms with E-state index < -0.39 is 0 Å². The molecule has 2 bridgehead atoms. The van der Waals surface area contributed by atoms with Crippen molar-refractivity contribution in [2.75, 3.05) is 6.61 Å². The minimum absolute atomic E-state index is 0.177. The van der Waals surface area contributed by atoms with Crippen LogP contribution in [0.25, 0.3) is 0 Å². The molecule has 1 saturated heterocycles. The first-order chi connectivity index (χ1) is 15.5. The maximum absolute atomic E-state index is 12.8. The van der Waals surface area contributed by atoms with Crippen LogP contribution in [0.4, 0.5) is 0 Å². The van der Waals surface area contributed by atoms with Crippen molar-refractivity contribution < 1.29 is 19.1 Å². The quantitative estimate of drug-likeness (QED) is 0.377. The first-order valence-electron chi connectivity index (χ1n) is 11.1. The fourth-order valence-electron chi connectivity index (χ4n) is 5.08. The monoisotopic (exact) mass is 430 g/mol. The second-order valence-corrected chi connectivity index (χ2v) is 8.65. The third kappa shape index (κ3) is 3.60. The molecule has 2 fully saturated rings. The Labute approximate surface area is 187 Å². The number of carbonyl (C=O) groups is 2. The van der Waals surface area contributed by atoms with Gasteiger partial charge in [0.05, 0.1) is 24.7 Å². The third-order valence-corrected chi connectivity index (χ3v) is 6.51. The fourth-order valence-corrected chi connectivity index (χ4v) is 5.08. The minimum Gasteiger partial charge on any atom is -0.490 e. The second-order valence-electron chi connectivity index (χ2n) is 8.65. The number of allylic oxidation sites excluding steroid dienone is 2. The van der Waals surface area contributed by atoms with Crippen LogP contribution < -0.4 is 9.47 Å². The van der Waals surface area contributed by atoms with Gasteiger partial charge in [0, 0.05) is 0 Å². The van der Waals surface area contributed by atoms with Gasteiger partial charge in [-0.05, 0) is 61.4 Å². The summed E-state index contributed by atoms with van der Waals surface area (Å²) in [6.07, 6.45) is 6.60. The highest BCUT2D eigenvalue weighted by atomic mass is 16.5. The molecule has 164 valence electrons. The largest absolute Gasteiger partial charge is 0.490 e.